The second kappa shape index (κ2) is 10.8. The van der Waals surface area contributed by atoms with Crippen LogP contribution in [0.15, 0.2) is 41.3 Å². The van der Waals surface area contributed by atoms with Gasteiger partial charge >= 0.3 is 0 Å². The van der Waals surface area contributed by atoms with Gasteiger partial charge in [-0.2, -0.15) is 4.31 Å². The molecule has 2 aliphatic heterocycles. The Labute approximate surface area is 221 Å². The number of ether oxygens (including phenoxy) is 2. The highest BCUT2D eigenvalue weighted by atomic mass is 32.2. The van der Waals surface area contributed by atoms with E-state index in [1.54, 1.807) is 54.1 Å². The first kappa shape index (κ1) is 25.7. The SMILES string of the molecule is COc1ccc(OC)c2sc(N3CCN(C(=O)c4ccc(S(=O)(=O)N5CCCCCC5)cc4)CC3)nc12. The van der Waals surface area contributed by atoms with Crippen molar-refractivity contribution in [1.29, 1.82) is 0 Å². The summed E-state index contributed by atoms with van der Waals surface area (Å²) in [7, 11) is -0.267. The minimum absolute atomic E-state index is 0.0917. The van der Waals surface area contributed by atoms with Gasteiger partial charge in [-0.3, -0.25) is 4.79 Å². The second-order valence-corrected chi connectivity index (χ2v) is 12.2. The number of carbonyl (C=O) groups excluding carboxylic acids is 1. The molecule has 0 atom stereocenters. The number of nitrogens with zero attached hydrogens (tertiary/aromatic N) is 4. The Morgan fingerprint density at radius 3 is 2.08 bits per heavy atom. The van der Waals surface area contributed by atoms with Crippen LogP contribution in [0.2, 0.25) is 0 Å². The third-order valence-corrected chi connectivity index (χ3v) is 10.1. The highest BCUT2D eigenvalue weighted by Crippen LogP contribution is 2.40. The molecule has 0 saturated carbocycles. The highest BCUT2D eigenvalue weighted by Gasteiger charge is 2.27. The number of amides is 1. The quantitative estimate of drug-likeness (QED) is 0.466. The molecule has 2 saturated heterocycles. The molecule has 198 valence electrons. The Morgan fingerprint density at radius 2 is 1.46 bits per heavy atom. The largest absolute Gasteiger partial charge is 0.495 e. The van der Waals surface area contributed by atoms with Crippen LogP contribution in [0.5, 0.6) is 11.5 Å². The van der Waals surface area contributed by atoms with Gasteiger partial charge in [0.25, 0.3) is 5.91 Å². The fraction of sp³-hybridized carbons (Fsp3) is 0.462. The van der Waals surface area contributed by atoms with E-state index in [4.69, 9.17) is 14.5 Å². The van der Waals surface area contributed by atoms with Crippen LogP contribution in [-0.4, -0.2) is 82.0 Å². The van der Waals surface area contributed by atoms with Crippen LogP contribution in [0.4, 0.5) is 5.13 Å². The lowest BCUT2D eigenvalue weighted by Gasteiger charge is -2.34. The van der Waals surface area contributed by atoms with Gasteiger partial charge in [0.1, 0.15) is 21.7 Å². The van der Waals surface area contributed by atoms with Crippen molar-refractivity contribution in [3.63, 3.8) is 0 Å². The number of methoxy groups -OCH3 is 2. The molecule has 3 aromatic rings. The first-order valence-corrected chi connectivity index (χ1v) is 14.8. The molecule has 37 heavy (non-hydrogen) atoms. The summed E-state index contributed by atoms with van der Waals surface area (Å²) in [4.78, 5) is 22.2. The van der Waals surface area contributed by atoms with E-state index in [9.17, 15) is 13.2 Å². The number of hydrogen-bond acceptors (Lipinski definition) is 8. The number of sulfonamides is 1. The lowest BCUT2D eigenvalue weighted by atomic mass is 10.2. The average molecular weight is 545 g/mol. The second-order valence-electron chi connectivity index (χ2n) is 9.27. The maximum Gasteiger partial charge on any atom is 0.253 e. The standard InChI is InChI=1S/C26H32N4O5S2/c1-34-21-11-12-22(35-2)24-23(21)27-26(36-24)29-17-15-28(16-18-29)25(31)19-7-9-20(10-8-19)37(32,33)30-13-5-3-4-6-14-30/h7-12H,3-6,13-18H2,1-2H3. The number of rotatable bonds is 6. The van der Waals surface area contributed by atoms with Crippen molar-refractivity contribution in [2.75, 3.05) is 58.4 Å². The van der Waals surface area contributed by atoms with Gasteiger partial charge in [0, 0.05) is 44.8 Å². The Morgan fingerprint density at radius 1 is 0.838 bits per heavy atom. The van der Waals surface area contributed by atoms with Crippen molar-refractivity contribution in [3.8, 4) is 11.5 Å². The molecule has 0 spiro atoms. The van der Waals surface area contributed by atoms with Crippen LogP contribution in [0.25, 0.3) is 10.2 Å². The maximum atomic E-state index is 13.2. The Bertz CT molecular complexity index is 1320. The number of benzene rings is 2. The fourth-order valence-corrected chi connectivity index (χ4v) is 7.54. The van der Waals surface area contributed by atoms with Crippen LogP contribution in [-0.2, 0) is 10.0 Å². The number of aromatic nitrogens is 1. The third-order valence-electron chi connectivity index (χ3n) is 7.04. The van der Waals surface area contributed by atoms with Gasteiger partial charge < -0.3 is 19.3 Å². The number of carbonyl (C=O) groups is 1. The zero-order chi connectivity index (χ0) is 26.0. The highest BCUT2D eigenvalue weighted by molar-refractivity contribution is 7.89. The molecule has 2 fully saturated rings. The summed E-state index contributed by atoms with van der Waals surface area (Å²) in [5.74, 6) is 1.37. The van der Waals surface area contributed by atoms with Crippen molar-refractivity contribution in [1.82, 2.24) is 14.2 Å². The van der Waals surface area contributed by atoms with Crippen molar-refractivity contribution in [3.05, 3.63) is 42.0 Å². The Hall–Kier alpha value is -2.89. The third kappa shape index (κ3) is 5.12. The lowest BCUT2D eigenvalue weighted by molar-refractivity contribution is 0.0746. The molecule has 0 bridgehead atoms. The molecule has 1 aromatic heterocycles. The molecule has 0 radical (unpaired) electrons. The van der Waals surface area contributed by atoms with Gasteiger partial charge in [0.05, 0.1) is 19.1 Å². The molecule has 0 unspecified atom stereocenters. The predicted molar refractivity (Wildman–Crippen MR) is 145 cm³/mol. The van der Waals surface area contributed by atoms with Gasteiger partial charge in [-0.05, 0) is 49.2 Å². The molecule has 0 aliphatic carbocycles. The zero-order valence-corrected chi connectivity index (χ0v) is 22.8. The lowest BCUT2D eigenvalue weighted by Crippen LogP contribution is -2.48. The molecular weight excluding hydrogens is 512 g/mol. The number of piperazine rings is 1. The number of anilines is 1. The van der Waals surface area contributed by atoms with Gasteiger partial charge in [0.2, 0.25) is 10.0 Å². The summed E-state index contributed by atoms with van der Waals surface area (Å²) in [6, 6.07) is 10.1. The van der Waals surface area contributed by atoms with E-state index in [-0.39, 0.29) is 10.8 Å². The maximum absolute atomic E-state index is 13.2. The van der Waals surface area contributed by atoms with E-state index in [1.807, 2.05) is 17.0 Å². The Balaban J connectivity index is 1.25. The van der Waals surface area contributed by atoms with Crippen LogP contribution in [0.1, 0.15) is 36.0 Å². The molecule has 11 heteroatoms. The molecule has 1 amide bonds. The van der Waals surface area contributed by atoms with Crippen LogP contribution < -0.4 is 14.4 Å². The van der Waals surface area contributed by atoms with Crippen LogP contribution in [0.3, 0.4) is 0 Å². The van der Waals surface area contributed by atoms with Crippen molar-refractivity contribution in [2.24, 2.45) is 0 Å². The van der Waals surface area contributed by atoms with E-state index < -0.39 is 10.0 Å². The summed E-state index contributed by atoms with van der Waals surface area (Å²) in [5, 5.41) is 0.868. The van der Waals surface area contributed by atoms with E-state index in [0.29, 0.717) is 50.6 Å². The minimum atomic E-state index is -3.53. The monoisotopic (exact) mass is 544 g/mol. The van der Waals surface area contributed by atoms with Crippen molar-refractivity contribution >= 4 is 42.6 Å². The van der Waals surface area contributed by atoms with Crippen LogP contribution >= 0.6 is 11.3 Å². The van der Waals surface area contributed by atoms with Gasteiger partial charge in [-0.1, -0.05) is 24.2 Å². The fourth-order valence-electron chi connectivity index (χ4n) is 4.89. The summed E-state index contributed by atoms with van der Waals surface area (Å²) >= 11 is 1.55. The first-order valence-electron chi connectivity index (χ1n) is 12.6. The summed E-state index contributed by atoms with van der Waals surface area (Å²) in [6.07, 6.45) is 3.90. The van der Waals surface area contributed by atoms with E-state index >= 15 is 0 Å². The van der Waals surface area contributed by atoms with E-state index in [0.717, 1.165) is 46.8 Å². The molecule has 2 aliphatic rings. The van der Waals surface area contributed by atoms with Gasteiger partial charge in [-0.15, -0.1) is 0 Å². The number of thiazole rings is 1. The average Bonchev–Trinajstić information content (AvgIpc) is 3.19. The van der Waals surface area contributed by atoms with Gasteiger partial charge in [-0.25, -0.2) is 13.4 Å². The Kier molecular flexibility index (Phi) is 7.55. The summed E-state index contributed by atoms with van der Waals surface area (Å²) in [6.45, 7) is 3.52. The minimum Gasteiger partial charge on any atom is -0.495 e. The number of fused-ring (bicyclic) bond motifs is 1. The molecule has 9 nitrogen and oxygen atoms in total. The molecule has 5 rings (SSSR count). The van der Waals surface area contributed by atoms with Gasteiger partial charge in [0.15, 0.2) is 5.13 Å². The smallest absolute Gasteiger partial charge is 0.253 e. The van der Waals surface area contributed by atoms with Crippen LogP contribution in [0, 0.1) is 0 Å². The van der Waals surface area contributed by atoms with Crippen molar-refractivity contribution in [2.45, 2.75) is 30.6 Å². The van der Waals surface area contributed by atoms with E-state index in [1.165, 1.54) is 0 Å². The van der Waals surface area contributed by atoms with E-state index in [2.05, 4.69) is 4.90 Å². The zero-order valence-electron chi connectivity index (χ0n) is 21.2. The molecular formula is C26H32N4O5S2. The number of hydrogen-bond donors (Lipinski definition) is 0. The van der Waals surface area contributed by atoms with Crippen molar-refractivity contribution < 1.29 is 22.7 Å². The topological polar surface area (TPSA) is 92.3 Å². The normalized spacial score (nSPS) is 17.6. The first-order chi connectivity index (χ1) is 17.9. The summed E-state index contributed by atoms with van der Waals surface area (Å²) in [5.41, 5.74) is 1.27. The molecule has 2 aromatic carbocycles. The molecule has 0 N–H and O–H groups in total. The summed E-state index contributed by atoms with van der Waals surface area (Å²) < 4.78 is 39.6. The molecule has 3 heterocycles. The predicted octanol–water partition coefficient (Wildman–Crippen LogP) is 3.84.